The predicted octanol–water partition coefficient (Wildman–Crippen LogP) is 6.85. The van der Waals surface area contributed by atoms with Gasteiger partial charge in [-0.25, -0.2) is 0 Å². The molecule has 0 saturated carbocycles. The molecule has 0 fully saturated rings. The van der Waals surface area contributed by atoms with Crippen molar-refractivity contribution >= 4 is 26.7 Å². The molecule has 0 unspecified atom stereocenters. The predicted molar refractivity (Wildman–Crippen MR) is 108 cm³/mol. The molecule has 0 N–H and O–H groups in total. The molecule has 0 amide bonds. The zero-order valence-corrected chi connectivity index (χ0v) is 15.2. The average molecular weight is 389 g/mol. The van der Waals surface area contributed by atoms with Crippen molar-refractivity contribution in [2.45, 2.75) is 6.61 Å². The molecule has 0 heterocycles. The van der Waals surface area contributed by atoms with Gasteiger partial charge >= 0.3 is 0 Å². The highest BCUT2D eigenvalue weighted by Crippen LogP contribution is 2.42. The Morgan fingerprint density at radius 3 is 2.12 bits per heavy atom. The van der Waals surface area contributed by atoms with Crippen LogP contribution in [-0.2, 0) is 6.61 Å². The molecular weight excluding hydrogens is 372 g/mol. The van der Waals surface area contributed by atoms with E-state index in [9.17, 15) is 0 Å². The normalized spacial score (nSPS) is 10.8. The van der Waals surface area contributed by atoms with Gasteiger partial charge in [-0.05, 0) is 43.9 Å². The lowest BCUT2D eigenvalue weighted by molar-refractivity contribution is 0.306. The van der Waals surface area contributed by atoms with E-state index in [1.165, 1.54) is 5.39 Å². The van der Waals surface area contributed by atoms with Crippen molar-refractivity contribution in [3.05, 3.63) is 101 Å². The first-order valence-corrected chi connectivity index (χ1v) is 9.05. The topological polar surface area (TPSA) is 9.23 Å². The smallest absolute Gasteiger partial charge is 0.142 e. The standard InChI is InChI=1S/C23H17BrO/c24-22-20-14-8-7-13-19(20)15-21(18-11-5-2-6-12-18)23(22)25-16-17-9-3-1-4-10-17/h1-15H,16H2. The van der Waals surface area contributed by atoms with Crippen LogP contribution >= 0.6 is 15.9 Å². The first kappa shape index (κ1) is 15.9. The van der Waals surface area contributed by atoms with Gasteiger partial charge in [0, 0.05) is 5.56 Å². The van der Waals surface area contributed by atoms with Gasteiger partial charge in [0.2, 0.25) is 0 Å². The minimum atomic E-state index is 0.539. The first-order valence-electron chi connectivity index (χ1n) is 8.26. The Hall–Kier alpha value is -2.58. The summed E-state index contributed by atoms with van der Waals surface area (Å²) in [5.74, 6) is 0.883. The fraction of sp³-hybridized carbons (Fsp3) is 0.0435. The minimum absolute atomic E-state index is 0.539. The highest BCUT2D eigenvalue weighted by Gasteiger charge is 2.14. The molecule has 0 aromatic heterocycles. The van der Waals surface area contributed by atoms with Gasteiger partial charge in [-0.15, -0.1) is 0 Å². The maximum absolute atomic E-state index is 6.27. The summed E-state index contributed by atoms with van der Waals surface area (Å²) < 4.78 is 7.27. The summed E-state index contributed by atoms with van der Waals surface area (Å²) in [6, 6.07) is 31.2. The summed E-state index contributed by atoms with van der Waals surface area (Å²) >= 11 is 3.78. The highest BCUT2D eigenvalue weighted by molar-refractivity contribution is 9.10. The van der Waals surface area contributed by atoms with Crippen LogP contribution in [0.25, 0.3) is 21.9 Å². The minimum Gasteiger partial charge on any atom is -0.487 e. The number of ether oxygens (including phenoxy) is 1. The fourth-order valence-corrected chi connectivity index (χ4v) is 3.68. The van der Waals surface area contributed by atoms with Crippen molar-refractivity contribution < 1.29 is 4.74 Å². The van der Waals surface area contributed by atoms with Crippen molar-refractivity contribution in [2.24, 2.45) is 0 Å². The Morgan fingerprint density at radius 2 is 1.36 bits per heavy atom. The van der Waals surface area contributed by atoms with Crippen molar-refractivity contribution in [2.75, 3.05) is 0 Å². The van der Waals surface area contributed by atoms with Crippen LogP contribution in [0.15, 0.2) is 95.5 Å². The van der Waals surface area contributed by atoms with E-state index in [-0.39, 0.29) is 0 Å². The van der Waals surface area contributed by atoms with Crippen LogP contribution in [0.3, 0.4) is 0 Å². The monoisotopic (exact) mass is 388 g/mol. The Morgan fingerprint density at radius 1 is 0.720 bits per heavy atom. The molecule has 122 valence electrons. The van der Waals surface area contributed by atoms with Crippen LogP contribution in [-0.4, -0.2) is 0 Å². The van der Waals surface area contributed by atoms with Crippen LogP contribution < -0.4 is 4.74 Å². The lowest BCUT2D eigenvalue weighted by atomic mass is 10.00. The maximum Gasteiger partial charge on any atom is 0.142 e. The summed E-state index contributed by atoms with van der Waals surface area (Å²) in [6.07, 6.45) is 0. The van der Waals surface area contributed by atoms with Gasteiger partial charge < -0.3 is 4.74 Å². The molecule has 1 nitrogen and oxygen atoms in total. The van der Waals surface area contributed by atoms with Crippen LogP contribution in [0.1, 0.15) is 5.56 Å². The molecule has 0 bridgehead atoms. The zero-order valence-electron chi connectivity index (χ0n) is 13.7. The molecule has 2 heteroatoms. The molecule has 0 aliphatic carbocycles. The van der Waals surface area contributed by atoms with Gasteiger partial charge in [0.15, 0.2) is 0 Å². The van der Waals surface area contributed by atoms with E-state index in [0.29, 0.717) is 6.61 Å². The van der Waals surface area contributed by atoms with E-state index in [4.69, 9.17) is 4.74 Å². The molecule has 0 aliphatic rings. The van der Waals surface area contributed by atoms with Crippen LogP contribution in [0.5, 0.6) is 5.75 Å². The molecule has 4 aromatic rings. The van der Waals surface area contributed by atoms with Crippen LogP contribution in [0.4, 0.5) is 0 Å². The Kier molecular flexibility index (Phi) is 4.53. The van der Waals surface area contributed by atoms with E-state index in [2.05, 4.69) is 82.7 Å². The van der Waals surface area contributed by atoms with E-state index in [1.807, 2.05) is 24.3 Å². The molecule has 4 rings (SSSR count). The fourth-order valence-electron chi connectivity index (χ4n) is 2.99. The third kappa shape index (κ3) is 3.31. The molecule has 0 atom stereocenters. The molecule has 0 radical (unpaired) electrons. The summed E-state index contributed by atoms with van der Waals surface area (Å²) in [5.41, 5.74) is 3.40. The second kappa shape index (κ2) is 7.12. The molecular formula is C23H17BrO. The van der Waals surface area contributed by atoms with Crippen molar-refractivity contribution in [1.82, 2.24) is 0 Å². The van der Waals surface area contributed by atoms with Gasteiger partial charge in [0.1, 0.15) is 12.4 Å². The van der Waals surface area contributed by atoms with Gasteiger partial charge in [-0.2, -0.15) is 0 Å². The highest BCUT2D eigenvalue weighted by atomic mass is 79.9. The largest absolute Gasteiger partial charge is 0.487 e. The second-order valence-corrected chi connectivity index (χ2v) is 6.72. The summed E-state index contributed by atoms with van der Waals surface area (Å²) in [5, 5.41) is 2.35. The van der Waals surface area contributed by atoms with E-state index >= 15 is 0 Å². The third-order valence-corrected chi connectivity index (χ3v) is 5.04. The lowest BCUT2D eigenvalue weighted by Crippen LogP contribution is -1.98. The number of fused-ring (bicyclic) bond motifs is 1. The van der Waals surface area contributed by atoms with Gasteiger partial charge in [-0.3, -0.25) is 0 Å². The Bertz CT molecular complexity index is 994. The van der Waals surface area contributed by atoms with E-state index in [1.54, 1.807) is 0 Å². The lowest BCUT2D eigenvalue weighted by Gasteiger charge is -2.16. The summed E-state index contributed by atoms with van der Waals surface area (Å²) in [7, 11) is 0. The number of benzene rings is 4. The Labute approximate surface area is 156 Å². The van der Waals surface area contributed by atoms with Gasteiger partial charge in [0.05, 0.1) is 4.47 Å². The Balaban J connectivity index is 1.83. The van der Waals surface area contributed by atoms with Crippen molar-refractivity contribution in [3.8, 4) is 16.9 Å². The zero-order chi connectivity index (χ0) is 17.1. The summed E-state index contributed by atoms with van der Waals surface area (Å²) in [4.78, 5) is 0. The quantitative estimate of drug-likeness (QED) is 0.371. The van der Waals surface area contributed by atoms with Crippen molar-refractivity contribution in [3.63, 3.8) is 0 Å². The van der Waals surface area contributed by atoms with Crippen LogP contribution in [0, 0.1) is 0 Å². The number of rotatable bonds is 4. The van der Waals surface area contributed by atoms with Crippen molar-refractivity contribution in [1.29, 1.82) is 0 Å². The van der Waals surface area contributed by atoms with E-state index < -0.39 is 0 Å². The first-order chi connectivity index (χ1) is 12.3. The number of hydrogen-bond donors (Lipinski definition) is 0. The second-order valence-electron chi connectivity index (χ2n) is 5.93. The van der Waals surface area contributed by atoms with Crippen LogP contribution in [0.2, 0.25) is 0 Å². The van der Waals surface area contributed by atoms with Gasteiger partial charge in [-0.1, -0.05) is 84.9 Å². The third-order valence-electron chi connectivity index (χ3n) is 4.25. The molecule has 0 aliphatic heterocycles. The maximum atomic E-state index is 6.27. The summed E-state index contributed by atoms with van der Waals surface area (Å²) in [6.45, 7) is 0.539. The van der Waals surface area contributed by atoms with Gasteiger partial charge in [0.25, 0.3) is 0 Å². The number of halogens is 1. The average Bonchev–Trinajstić information content (AvgIpc) is 2.69. The SMILES string of the molecule is Brc1c(OCc2ccccc2)c(-c2ccccc2)cc2ccccc12. The molecule has 4 aromatic carbocycles. The number of hydrogen-bond acceptors (Lipinski definition) is 1. The molecule has 0 saturated heterocycles. The molecule has 0 spiro atoms. The van der Waals surface area contributed by atoms with E-state index in [0.717, 1.165) is 32.3 Å². The molecule has 25 heavy (non-hydrogen) atoms.